The first-order chi connectivity index (χ1) is 18.6. The molecule has 3 N–H and O–H groups in total. The van der Waals surface area contributed by atoms with Gasteiger partial charge in [-0.1, -0.05) is 23.7 Å². The lowest BCUT2D eigenvalue weighted by molar-refractivity contribution is -0.143. The number of esters is 1. The lowest BCUT2D eigenvalue weighted by Gasteiger charge is -2.20. The number of likely N-dealkylation sites (N-methyl/N-ethyl adjacent to an activating group) is 1. The maximum atomic E-state index is 13.4. The van der Waals surface area contributed by atoms with Crippen LogP contribution in [0.5, 0.6) is 0 Å². The number of fused-ring (bicyclic) bond motifs is 1. The summed E-state index contributed by atoms with van der Waals surface area (Å²) in [6.45, 7) is 3.37. The van der Waals surface area contributed by atoms with E-state index in [-0.39, 0.29) is 72.0 Å². The zero-order valence-electron chi connectivity index (χ0n) is 21.7. The zero-order chi connectivity index (χ0) is 28.7. The summed E-state index contributed by atoms with van der Waals surface area (Å²) < 4.78 is 9.64. The highest BCUT2D eigenvalue weighted by Crippen LogP contribution is 2.36. The van der Waals surface area contributed by atoms with Crippen LogP contribution in [0.15, 0.2) is 41.4 Å². The molecule has 206 valence electrons. The summed E-state index contributed by atoms with van der Waals surface area (Å²) in [4.78, 5) is 68.5. The first-order valence-electron chi connectivity index (χ1n) is 12.0. The smallest absolute Gasteiger partial charge is 0.435 e. The molecule has 0 saturated carbocycles. The number of hydrogen-bond acceptors (Lipinski definition) is 7. The Hall–Kier alpha value is -4.45. The van der Waals surface area contributed by atoms with Crippen LogP contribution >= 0.6 is 11.6 Å². The van der Waals surface area contributed by atoms with Crippen LogP contribution < -0.4 is 16.0 Å². The molecule has 0 spiro atoms. The van der Waals surface area contributed by atoms with Gasteiger partial charge in [-0.25, -0.2) is 4.79 Å². The first kappa shape index (κ1) is 29.1. The van der Waals surface area contributed by atoms with Crippen molar-refractivity contribution in [1.82, 2.24) is 4.90 Å². The van der Waals surface area contributed by atoms with E-state index in [0.717, 1.165) is 0 Å². The summed E-state index contributed by atoms with van der Waals surface area (Å²) in [5.74, 6) is -2.03. The van der Waals surface area contributed by atoms with Crippen LogP contribution in [-0.2, 0) is 19.1 Å². The van der Waals surface area contributed by atoms with Crippen molar-refractivity contribution in [3.63, 3.8) is 0 Å². The molecule has 0 aromatic heterocycles. The number of carbonyl (C=O) groups excluding carboxylic acids is 5. The largest absolute Gasteiger partial charge is 0.466 e. The van der Waals surface area contributed by atoms with E-state index in [9.17, 15) is 24.0 Å². The molecule has 12 nitrogen and oxygen atoms in total. The number of ether oxygens (including phenoxy) is 2. The summed E-state index contributed by atoms with van der Waals surface area (Å²) in [5, 5.41) is 2.61. The van der Waals surface area contributed by atoms with Crippen molar-refractivity contribution >= 4 is 58.6 Å². The topological polar surface area (TPSA) is 161 Å². The Labute approximate surface area is 229 Å². The van der Waals surface area contributed by atoms with Gasteiger partial charge >= 0.3 is 12.1 Å². The molecule has 1 aliphatic rings. The monoisotopic (exact) mass is 557 g/mol. The number of halogens is 1. The Morgan fingerprint density at radius 1 is 1.03 bits per heavy atom. The number of nitrogens with zero attached hydrogens (tertiary/aromatic N) is 3. The number of carbonyl (C=O) groups is 5. The number of anilines is 2. The summed E-state index contributed by atoms with van der Waals surface area (Å²) in [5.41, 5.74) is 6.90. The average molecular weight is 558 g/mol. The second-order valence-electron chi connectivity index (χ2n) is 8.28. The summed E-state index contributed by atoms with van der Waals surface area (Å²) in [6, 6.07) is 8.97. The van der Waals surface area contributed by atoms with Crippen LogP contribution in [0.25, 0.3) is 0 Å². The fraction of sp³-hybridized carbons (Fsp3) is 0.308. The number of benzene rings is 2. The van der Waals surface area contributed by atoms with Crippen molar-refractivity contribution in [1.29, 1.82) is 0 Å². The number of nitrogens with two attached hydrogens (primary N) is 1. The third-order valence-corrected chi connectivity index (χ3v) is 6.14. The summed E-state index contributed by atoms with van der Waals surface area (Å²) in [7, 11) is 1.51. The minimum atomic E-state index is -0.823. The zero-order valence-corrected chi connectivity index (χ0v) is 22.4. The van der Waals surface area contributed by atoms with Gasteiger partial charge < -0.3 is 30.3 Å². The molecule has 0 unspecified atom stereocenters. The fourth-order valence-corrected chi connectivity index (χ4v) is 4.01. The quantitative estimate of drug-likeness (QED) is 0.284. The maximum Gasteiger partial charge on any atom is 0.435 e. The average Bonchev–Trinajstić information content (AvgIpc) is 2.99. The lowest BCUT2D eigenvalue weighted by atomic mass is 10.1. The van der Waals surface area contributed by atoms with E-state index >= 15 is 0 Å². The fourth-order valence-electron chi connectivity index (χ4n) is 3.72. The van der Waals surface area contributed by atoms with Crippen LogP contribution in [0.2, 0.25) is 5.02 Å². The predicted octanol–water partition coefficient (Wildman–Crippen LogP) is 2.83. The third-order valence-electron chi connectivity index (χ3n) is 5.74. The Bertz CT molecular complexity index is 1330. The molecule has 0 fully saturated rings. The molecule has 0 aliphatic carbocycles. The molecule has 2 aromatic rings. The Morgan fingerprint density at radius 3 is 2.31 bits per heavy atom. The van der Waals surface area contributed by atoms with Gasteiger partial charge in [-0.3, -0.25) is 19.2 Å². The van der Waals surface area contributed by atoms with Gasteiger partial charge in [-0.05, 0) is 38.1 Å². The third kappa shape index (κ3) is 6.90. The minimum absolute atomic E-state index is 0.0185. The van der Waals surface area contributed by atoms with E-state index in [1.807, 2.05) is 0 Å². The van der Waals surface area contributed by atoms with Crippen LogP contribution in [0, 0.1) is 0 Å². The second kappa shape index (κ2) is 12.9. The van der Waals surface area contributed by atoms with Crippen LogP contribution in [0.4, 0.5) is 16.2 Å². The standard InChI is InChI=1S/C26H28ClN5O7/c1-4-38-20(34)12-13-32-14-19(33)31(3)18-11-10-17(22(27)21(18)25(32)36)29-24(35)16-8-6-15(7-9-16)23(28)30-26(37)39-5-2/h6-11H,4-5,12-14H2,1-3H3,(H,29,35)(H2,28,30,37). The van der Waals surface area contributed by atoms with Crippen molar-refractivity contribution in [2.45, 2.75) is 20.3 Å². The SMILES string of the molecule is CCOC(=O)CCN1CC(=O)N(C)c2ccc(NC(=O)c3ccc(/C(N)=N/C(=O)OCC)cc3)c(Cl)c2C1=O. The van der Waals surface area contributed by atoms with E-state index in [1.54, 1.807) is 13.8 Å². The van der Waals surface area contributed by atoms with Gasteiger partial charge in [0, 0.05) is 24.7 Å². The van der Waals surface area contributed by atoms with E-state index in [4.69, 9.17) is 26.8 Å². The van der Waals surface area contributed by atoms with Crippen molar-refractivity contribution in [2.75, 3.05) is 43.6 Å². The Kier molecular flexibility index (Phi) is 9.61. The molecule has 0 atom stereocenters. The second-order valence-corrected chi connectivity index (χ2v) is 8.66. The highest BCUT2D eigenvalue weighted by atomic mass is 35.5. The van der Waals surface area contributed by atoms with Gasteiger partial charge in [0.1, 0.15) is 12.4 Å². The highest BCUT2D eigenvalue weighted by Gasteiger charge is 2.33. The van der Waals surface area contributed by atoms with Crippen molar-refractivity contribution in [3.05, 3.63) is 58.1 Å². The van der Waals surface area contributed by atoms with Crippen molar-refractivity contribution < 1.29 is 33.4 Å². The van der Waals surface area contributed by atoms with E-state index in [2.05, 4.69) is 10.3 Å². The Morgan fingerprint density at radius 2 is 1.67 bits per heavy atom. The molecule has 4 amide bonds. The van der Waals surface area contributed by atoms with E-state index in [1.165, 1.54) is 53.2 Å². The molecule has 39 heavy (non-hydrogen) atoms. The van der Waals surface area contributed by atoms with Crippen molar-refractivity contribution in [3.8, 4) is 0 Å². The number of rotatable bonds is 8. The summed E-state index contributed by atoms with van der Waals surface area (Å²) >= 11 is 6.59. The van der Waals surface area contributed by atoms with E-state index < -0.39 is 23.9 Å². The van der Waals surface area contributed by atoms with Crippen LogP contribution in [0.1, 0.15) is 46.5 Å². The van der Waals surface area contributed by atoms with Crippen LogP contribution in [0.3, 0.4) is 0 Å². The van der Waals surface area contributed by atoms with Gasteiger partial charge in [0.15, 0.2) is 0 Å². The molecular formula is C26H28ClN5O7. The van der Waals surface area contributed by atoms with Gasteiger partial charge in [0.25, 0.3) is 11.8 Å². The normalized spacial score (nSPS) is 13.5. The molecule has 13 heteroatoms. The minimum Gasteiger partial charge on any atom is -0.466 e. The molecule has 2 aromatic carbocycles. The van der Waals surface area contributed by atoms with Gasteiger partial charge in [0.2, 0.25) is 5.91 Å². The Balaban J connectivity index is 1.83. The molecule has 3 rings (SSSR count). The number of nitrogens with one attached hydrogen (secondary N) is 1. The predicted molar refractivity (Wildman–Crippen MR) is 144 cm³/mol. The number of hydrogen-bond donors (Lipinski definition) is 2. The lowest BCUT2D eigenvalue weighted by Crippen LogP contribution is -2.39. The molecule has 1 heterocycles. The summed E-state index contributed by atoms with van der Waals surface area (Å²) in [6.07, 6.45) is -0.915. The molecule has 0 bridgehead atoms. The number of amides is 4. The molecular weight excluding hydrogens is 530 g/mol. The van der Waals surface area contributed by atoms with Crippen molar-refractivity contribution in [2.24, 2.45) is 10.7 Å². The molecule has 1 aliphatic heterocycles. The van der Waals surface area contributed by atoms with Gasteiger partial charge in [-0.2, -0.15) is 4.99 Å². The first-order valence-corrected chi connectivity index (χ1v) is 12.4. The molecule has 0 saturated heterocycles. The maximum absolute atomic E-state index is 13.4. The highest BCUT2D eigenvalue weighted by molar-refractivity contribution is 6.38. The van der Waals surface area contributed by atoms with Crippen LogP contribution in [-0.4, -0.2) is 73.9 Å². The number of amidine groups is 1. The number of aliphatic imine (C=N–C) groups is 1. The van der Waals surface area contributed by atoms with Gasteiger partial charge in [-0.15, -0.1) is 0 Å². The molecule has 0 radical (unpaired) electrons. The van der Waals surface area contributed by atoms with E-state index in [0.29, 0.717) is 5.56 Å². The van der Waals surface area contributed by atoms with Gasteiger partial charge in [0.05, 0.1) is 41.6 Å².